The van der Waals surface area contributed by atoms with Gasteiger partial charge in [0.1, 0.15) is 0 Å². The Hall–Kier alpha value is -1.85. The number of amides is 1. The van der Waals surface area contributed by atoms with Crippen LogP contribution in [0.3, 0.4) is 0 Å². The molecule has 2 aromatic carbocycles. The van der Waals surface area contributed by atoms with E-state index in [0.29, 0.717) is 5.75 Å². The second-order valence-corrected chi connectivity index (χ2v) is 8.27. The lowest BCUT2D eigenvalue weighted by Gasteiger charge is -2.29. The highest BCUT2D eigenvalue weighted by atomic mass is 32.2. The molecule has 3 aromatic rings. The minimum absolute atomic E-state index is 0.169. The van der Waals surface area contributed by atoms with Gasteiger partial charge in [-0.25, -0.2) is 4.98 Å². The van der Waals surface area contributed by atoms with Crippen LogP contribution in [0.5, 0.6) is 0 Å². The fourth-order valence-corrected chi connectivity index (χ4v) is 5.11. The maximum Gasteiger partial charge on any atom is 0.237 e. The highest BCUT2D eigenvalue weighted by Crippen LogP contribution is 2.32. The molecule has 0 bridgehead atoms. The molecule has 24 heavy (non-hydrogen) atoms. The first-order valence-corrected chi connectivity index (χ1v) is 9.89. The molecule has 0 spiro atoms. The van der Waals surface area contributed by atoms with Crippen molar-refractivity contribution in [3.8, 4) is 0 Å². The van der Waals surface area contributed by atoms with E-state index in [1.165, 1.54) is 15.8 Å². The molecule has 1 aliphatic rings. The first kappa shape index (κ1) is 15.7. The van der Waals surface area contributed by atoms with Crippen molar-refractivity contribution < 1.29 is 4.79 Å². The first-order chi connectivity index (χ1) is 11.7. The number of aryl methyl sites for hydroxylation is 2. The van der Waals surface area contributed by atoms with E-state index in [4.69, 9.17) is 0 Å². The van der Waals surface area contributed by atoms with Gasteiger partial charge in [0, 0.05) is 12.2 Å². The number of para-hydroxylation sites is 1. The Morgan fingerprint density at radius 3 is 3.08 bits per heavy atom. The van der Waals surface area contributed by atoms with Crippen LogP contribution in [0.15, 0.2) is 46.8 Å². The minimum atomic E-state index is 0.169. The second-order valence-electron chi connectivity index (χ2n) is 6.02. The summed E-state index contributed by atoms with van der Waals surface area (Å²) in [5, 5.41) is 0. The fraction of sp³-hybridized carbons (Fsp3) is 0.263. The molecule has 2 heterocycles. The van der Waals surface area contributed by atoms with Gasteiger partial charge >= 0.3 is 0 Å². The van der Waals surface area contributed by atoms with E-state index < -0.39 is 0 Å². The molecule has 1 aromatic heterocycles. The van der Waals surface area contributed by atoms with Gasteiger partial charge in [0.15, 0.2) is 4.34 Å². The molecule has 122 valence electrons. The Balaban J connectivity index is 1.48. The van der Waals surface area contributed by atoms with Crippen molar-refractivity contribution in [2.24, 2.45) is 0 Å². The van der Waals surface area contributed by atoms with Crippen LogP contribution < -0.4 is 4.90 Å². The number of hydrogen-bond donors (Lipinski definition) is 0. The molecule has 0 saturated carbocycles. The number of nitrogens with zero attached hydrogens (tertiary/aromatic N) is 2. The minimum Gasteiger partial charge on any atom is -0.311 e. The summed E-state index contributed by atoms with van der Waals surface area (Å²) in [6, 6.07) is 14.5. The van der Waals surface area contributed by atoms with Crippen molar-refractivity contribution in [2.75, 3.05) is 17.2 Å². The van der Waals surface area contributed by atoms with Gasteiger partial charge in [0.05, 0.1) is 16.0 Å². The molecule has 5 heteroatoms. The average molecular weight is 354 g/mol. The molecular formula is C19H18N2OS2. The van der Waals surface area contributed by atoms with Crippen LogP contribution in [0.2, 0.25) is 0 Å². The van der Waals surface area contributed by atoms with Gasteiger partial charge in [0.2, 0.25) is 5.91 Å². The molecule has 0 fully saturated rings. The summed E-state index contributed by atoms with van der Waals surface area (Å²) in [5.41, 5.74) is 4.61. The zero-order valence-corrected chi connectivity index (χ0v) is 15.1. The van der Waals surface area contributed by atoms with E-state index in [9.17, 15) is 4.79 Å². The number of thioether (sulfide) groups is 1. The van der Waals surface area contributed by atoms with Gasteiger partial charge in [-0.15, -0.1) is 11.3 Å². The summed E-state index contributed by atoms with van der Waals surface area (Å²) in [7, 11) is 0. The summed E-state index contributed by atoms with van der Waals surface area (Å²) >= 11 is 3.21. The molecule has 0 atom stereocenters. The van der Waals surface area contributed by atoms with Gasteiger partial charge in [-0.3, -0.25) is 4.79 Å². The standard InChI is InChI=1S/C19H18N2OS2/c1-13-8-9-15-17(11-13)24-19(20-15)23-12-18(22)21-10-4-6-14-5-2-3-7-16(14)21/h2-3,5,7-9,11H,4,6,10,12H2,1H3. The third-order valence-electron chi connectivity index (χ3n) is 4.25. The Morgan fingerprint density at radius 1 is 1.29 bits per heavy atom. The molecule has 1 amide bonds. The molecule has 1 aliphatic heterocycles. The summed E-state index contributed by atoms with van der Waals surface area (Å²) in [4.78, 5) is 19.2. The largest absolute Gasteiger partial charge is 0.311 e. The number of thiazole rings is 1. The fourth-order valence-electron chi connectivity index (χ4n) is 3.07. The number of benzene rings is 2. The quantitative estimate of drug-likeness (QED) is 0.641. The third kappa shape index (κ3) is 3.06. The van der Waals surface area contributed by atoms with Crippen LogP contribution >= 0.6 is 23.1 Å². The van der Waals surface area contributed by atoms with Crippen LogP contribution in [-0.4, -0.2) is 23.2 Å². The van der Waals surface area contributed by atoms with E-state index in [2.05, 4.69) is 36.2 Å². The van der Waals surface area contributed by atoms with Gasteiger partial charge in [-0.05, 0) is 49.1 Å². The van der Waals surface area contributed by atoms with Gasteiger partial charge in [0.25, 0.3) is 0 Å². The summed E-state index contributed by atoms with van der Waals surface area (Å²) in [6.07, 6.45) is 2.10. The predicted octanol–water partition coefficient (Wildman–Crippen LogP) is 4.68. The molecule has 4 rings (SSSR count). The molecule has 0 aliphatic carbocycles. The maximum atomic E-state index is 12.7. The van der Waals surface area contributed by atoms with Crippen molar-refractivity contribution >= 4 is 44.9 Å². The van der Waals surface area contributed by atoms with E-state index in [-0.39, 0.29) is 5.91 Å². The zero-order chi connectivity index (χ0) is 16.5. The van der Waals surface area contributed by atoms with Gasteiger partial charge < -0.3 is 4.90 Å². The smallest absolute Gasteiger partial charge is 0.237 e. The van der Waals surface area contributed by atoms with Gasteiger partial charge in [-0.2, -0.15) is 0 Å². The first-order valence-electron chi connectivity index (χ1n) is 8.09. The van der Waals surface area contributed by atoms with Crippen molar-refractivity contribution in [3.05, 3.63) is 53.6 Å². The van der Waals surface area contributed by atoms with E-state index in [1.807, 2.05) is 23.1 Å². The summed E-state index contributed by atoms with van der Waals surface area (Å²) in [6.45, 7) is 2.90. The SMILES string of the molecule is Cc1ccc2nc(SCC(=O)N3CCCc4ccccc43)sc2c1. The Bertz CT molecular complexity index is 903. The number of aromatic nitrogens is 1. The number of fused-ring (bicyclic) bond motifs is 2. The average Bonchev–Trinajstić information content (AvgIpc) is 3.01. The van der Waals surface area contributed by atoms with Crippen LogP contribution in [0.1, 0.15) is 17.5 Å². The highest BCUT2D eigenvalue weighted by molar-refractivity contribution is 8.01. The second kappa shape index (κ2) is 6.57. The van der Waals surface area contributed by atoms with E-state index in [1.54, 1.807) is 23.1 Å². The Morgan fingerprint density at radius 2 is 2.17 bits per heavy atom. The lowest BCUT2D eigenvalue weighted by Crippen LogP contribution is -2.36. The third-order valence-corrected chi connectivity index (χ3v) is 6.40. The van der Waals surface area contributed by atoms with E-state index in [0.717, 1.165) is 34.9 Å². The van der Waals surface area contributed by atoms with Crippen molar-refractivity contribution in [1.29, 1.82) is 0 Å². The number of anilines is 1. The van der Waals surface area contributed by atoms with Crippen molar-refractivity contribution in [2.45, 2.75) is 24.1 Å². The lowest BCUT2D eigenvalue weighted by molar-refractivity contribution is -0.116. The lowest BCUT2D eigenvalue weighted by atomic mass is 10.0. The monoisotopic (exact) mass is 354 g/mol. The van der Waals surface area contributed by atoms with Crippen LogP contribution in [0, 0.1) is 6.92 Å². The Labute approximate surface area is 149 Å². The maximum absolute atomic E-state index is 12.7. The normalized spacial score (nSPS) is 14.0. The number of hydrogen-bond acceptors (Lipinski definition) is 4. The summed E-state index contributed by atoms with van der Waals surface area (Å²) in [5.74, 6) is 0.607. The summed E-state index contributed by atoms with van der Waals surface area (Å²) < 4.78 is 2.16. The molecule has 0 saturated heterocycles. The van der Waals surface area contributed by atoms with Gasteiger partial charge in [-0.1, -0.05) is 36.0 Å². The topological polar surface area (TPSA) is 33.2 Å². The molecule has 0 N–H and O–H groups in total. The predicted molar refractivity (Wildman–Crippen MR) is 102 cm³/mol. The van der Waals surface area contributed by atoms with Crippen LogP contribution in [-0.2, 0) is 11.2 Å². The molecule has 0 radical (unpaired) electrons. The van der Waals surface area contributed by atoms with Crippen LogP contribution in [0.25, 0.3) is 10.2 Å². The Kier molecular flexibility index (Phi) is 4.29. The number of rotatable bonds is 3. The molecular weight excluding hydrogens is 336 g/mol. The van der Waals surface area contributed by atoms with E-state index >= 15 is 0 Å². The van der Waals surface area contributed by atoms with Crippen LogP contribution in [0.4, 0.5) is 5.69 Å². The highest BCUT2D eigenvalue weighted by Gasteiger charge is 2.22. The van der Waals surface area contributed by atoms with Crippen molar-refractivity contribution in [1.82, 2.24) is 4.98 Å². The molecule has 0 unspecified atom stereocenters. The van der Waals surface area contributed by atoms with Crippen molar-refractivity contribution in [3.63, 3.8) is 0 Å². The number of carbonyl (C=O) groups excluding carboxylic acids is 1. The zero-order valence-electron chi connectivity index (χ0n) is 13.5. The molecule has 3 nitrogen and oxygen atoms in total. The number of carbonyl (C=O) groups is 1.